The highest BCUT2D eigenvalue weighted by molar-refractivity contribution is 5.87. The molecule has 1 atom stereocenters. The Morgan fingerprint density at radius 2 is 1.25 bits per heavy atom. The van der Waals surface area contributed by atoms with Crippen molar-refractivity contribution in [1.29, 1.82) is 0 Å². The number of ether oxygens (including phenoxy) is 1. The van der Waals surface area contributed by atoms with E-state index in [1.807, 2.05) is 0 Å². The van der Waals surface area contributed by atoms with E-state index >= 15 is 0 Å². The van der Waals surface area contributed by atoms with Crippen molar-refractivity contribution in [2.75, 3.05) is 6.61 Å². The second-order valence-electron chi connectivity index (χ2n) is 8.84. The van der Waals surface area contributed by atoms with Gasteiger partial charge in [-0.05, 0) is 27.2 Å². The van der Waals surface area contributed by atoms with Crippen LogP contribution in [0.2, 0.25) is 0 Å². The summed E-state index contributed by atoms with van der Waals surface area (Å²) in [5.41, 5.74) is -0.623. The average Bonchev–Trinajstić information content (AvgIpc) is 2.61. The summed E-state index contributed by atoms with van der Waals surface area (Å²) in [6, 6.07) is -0.868. The molecule has 0 saturated carbocycles. The predicted molar refractivity (Wildman–Crippen MR) is 116 cm³/mol. The summed E-state index contributed by atoms with van der Waals surface area (Å²) in [6.07, 6.45) is 16.1. The highest BCUT2D eigenvalue weighted by Crippen LogP contribution is 2.13. The normalized spacial score (nSPS) is 12.6. The number of hydrogen-bond donors (Lipinski definition) is 2. The first-order valence-corrected chi connectivity index (χ1v) is 11.4. The number of carbonyl (C=O) groups is 2. The number of hydrogen-bond acceptors (Lipinski definition) is 4. The van der Waals surface area contributed by atoms with E-state index in [2.05, 4.69) is 12.2 Å². The first-order valence-electron chi connectivity index (χ1n) is 11.4. The lowest BCUT2D eigenvalue weighted by Gasteiger charge is -2.22. The van der Waals surface area contributed by atoms with Gasteiger partial charge in [0.2, 0.25) is 0 Å². The van der Waals surface area contributed by atoms with Gasteiger partial charge in [-0.2, -0.15) is 0 Å². The Balaban J connectivity index is 3.63. The molecule has 5 nitrogen and oxygen atoms in total. The molecule has 0 aromatic heterocycles. The van der Waals surface area contributed by atoms with Crippen LogP contribution in [0.15, 0.2) is 0 Å². The number of nitrogens with one attached hydrogen (secondary N) is 1. The molecular weight excluding hydrogens is 354 g/mol. The van der Waals surface area contributed by atoms with Crippen molar-refractivity contribution in [2.24, 2.45) is 0 Å². The van der Waals surface area contributed by atoms with Crippen molar-refractivity contribution in [1.82, 2.24) is 5.32 Å². The van der Waals surface area contributed by atoms with Gasteiger partial charge < -0.3 is 15.2 Å². The third kappa shape index (κ3) is 17.0. The fraction of sp³-hybridized carbons (Fsp3) is 0.913. The molecule has 0 aliphatic heterocycles. The number of unbranched alkanes of at least 4 members (excludes halogenated alkanes) is 12. The van der Waals surface area contributed by atoms with Gasteiger partial charge in [-0.3, -0.25) is 4.79 Å². The van der Waals surface area contributed by atoms with Crippen molar-refractivity contribution in [2.45, 2.75) is 129 Å². The molecule has 5 heteroatoms. The van der Waals surface area contributed by atoms with Gasteiger partial charge in [0.1, 0.15) is 11.6 Å². The maximum atomic E-state index is 12.1. The van der Waals surface area contributed by atoms with Gasteiger partial charge in [-0.25, -0.2) is 4.79 Å². The Morgan fingerprint density at radius 3 is 1.64 bits per heavy atom. The fourth-order valence-corrected chi connectivity index (χ4v) is 3.17. The average molecular weight is 400 g/mol. The molecule has 0 fully saturated rings. The fourth-order valence-electron chi connectivity index (χ4n) is 3.17. The van der Waals surface area contributed by atoms with E-state index in [0.29, 0.717) is 6.42 Å². The van der Waals surface area contributed by atoms with Gasteiger partial charge in [-0.1, -0.05) is 84.0 Å². The first-order chi connectivity index (χ1) is 13.3. The van der Waals surface area contributed by atoms with Gasteiger partial charge in [0, 0.05) is 6.42 Å². The molecule has 0 aromatic rings. The van der Waals surface area contributed by atoms with Crippen LogP contribution in [-0.2, 0) is 9.53 Å². The highest BCUT2D eigenvalue weighted by atomic mass is 16.6. The minimum Gasteiger partial charge on any atom is -0.444 e. The molecule has 166 valence electrons. The largest absolute Gasteiger partial charge is 0.444 e. The smallest absolute Gasteiger partial charge is 0.408 e. The van der Waals surface area contributed by atoms with Gasteiger partial charge in [-0.15, -0.1) is 0 Å². The van der Waals surface area contributed by atoms with E-state index in [-0.39, 0.29) is 5.78 Å². The number of aliphatic hydroxyl groups is 1. The molecule has 0 bridgehead atoms. The SMILES string of the molecule is CCCCCCCCCCCCCCCC(=O)[C@H](CO)NC(=O)OC(C)(C)C. The van der Waals surface area contributed by atoms with Crippen LogP contribution >= 0.6 is 0 Å². The summed E-state index contributed by atoms with van der Waals surface area (Å²) < 4.78 is 5.13. The number of alkyl carbamates (subject to hydrolysis) is 1. The zero-order valence-electron chi connectivity index (χ0n) is 18.9. The van der Waals surface area contributed by atoms with E-state index in [1.165, 1.54) is 64.2 Å². The summed E-state index contributed by atoms with van der Waals surface area (Å²) in [5.74, 6) is -0.128. The molecule has 0 unspecified atom stereocenters. The van der Waals surface area contributed by atoms with Crippen LogP contribution in [-0.4, -0.2) is 35.2 Å². The second-order valence-corrected chi connectivity index (χ2v) is 8.84. The zero-order chi connectivity index (χ0) is 21.3. The molecule has 28 heavy (non-hydrogen) atoms. The maximum Gasteiger partial charge on any atom is 0.408 e. The van der Waals surface area contributed by atoms with Crippen LogP contribution in [0.3, 0.4) is 0 Å². The number of aliphatic hydroxyl groups excluding tert-OH is 1. The van der Waals surface area contributed by atoms with Crippen molar-refractivity contribution in [3.8, 4) is 0 Å². The Hall–Kier alpha value is -1.10. The Kier molecular flexibility index (Phi) is 16.2. The molecule has 1 amide bonds. The van der Waals surface area contributed by atoms with Crippen LogP contribution in [0.1, 0.15) is 118 Å². The van der Waals surface area contributed by atoms with Crippen LogP contribution in [0.4, 0.5) is 4.79 Å². The lowest BCUT2D eigenvalue weighted by atomic mass is 10.0. The third-order valence-electron chi connectivity index (χ3n) is 4.79. The molecule has 0 radical (unpaired) electrons. The molecule has 2 N–H and O–H groups in total. The van der Waals surface area contributed by atoms with Crippen molar-refractivity contribution in [3.05, 3.63) is 0 Å². The predicted octanol–water partition coefficient (Wildman–Crippen LogP) is 5.92. The standard InChI is InChI=1S/C23H45NO4/c1-5-6-7-8-9-10-11-12-13-14-15-16-17-18-21(26)20(19-25)24-22(27)28-23(2,3)4/h20,25H,5-19H2,1-4H3,(H,24,27)/t20-/m0/s1. The van der Waals surface area contributed by atoms with Crippen molar-refractivity contribution >= 4 is 11.9 Å². The van der Waals surface area contributed by atoms with Crippen LogP contribution in [0.5, 0.6) is 0 Å². The molecular formula is C23H45NO4. The maximum absolute atomic E-state index is 12.1. The number of amides is 1. The van der Waals surface area contributed by atoms with Gasteiger partial charge >= 0.3 is 6.09 Å². The van der Waals surface area contributed by atoms with Crippen molar-refractivity contribution < 1.29 is 19.4 Å². The third-order valence-corrected chi connectivity index (χ3v) is 4.79. The Labute approximate surface area is 173 Å². The summed E-state index contributed by atoms with van der Waals surface area (Å²) in [4.78, 5) is 23.9. The van der Waals surface area contributed by atoms with E-state index in [0.717, 1.165) is 19.3 Å². The first kappa shape index (κ1) is 26.9. The van der Waals surface area contributed by atoms with Gasteiger partial charge in [0.05, 0.1) is 6.61 Å². The molecule has 0 aliphatic carbocycles. The molecule has 0 saturated heterocycles. The van der Waals surface area contributed by atoms with Crippen molar-refractivity contribution in [3.63, 3.8) is 0 Å². The van der Waals surface area contributed by atoms with E-state index in [9.17, 15) is 14.7 Å². The minimum atomic E-state index is -0.868. The topological polar surface area (TPSA) is 75.6 Å². The van der Waals surface area contributed by atoms with E-state index < -0.39 is 24.3 Å². The Morgan fingerprint density at radius 1 is 0.821 bits per heavy atom. The summed E-state index contributed by atoms with van der Waals surface area (Å²) in [6.45, 7) is 7.14. The summed E-state index contributed by atoms with van der Waals surface area (Å²) in [5, 5.41) is 11.8. The monoisotopic (exact) mass is 399 g/mol. The summed E-state index contributed by atoms with van der Waals surface area (Å²) >= 11 is 0. The number of ketones is 1. The molecule has 0 aromatic carbocycles. The van der Waals surface area contributed by atoms with E-state index in [1.54, 1.807) is 20.8 Å². The number of Topliss-reactive ketones (excluding diaryl/α,β-unsaturated/α-hetero) is 1. The molecule has 0 heterocycles. The lowest BCUT2D eigenvalue weighted by Crippen LogP contribution is -2.45. The Bertz CT molecular complexity index is 404. The van der Waals surface area contributed by atoms with Crippen LogP contribution < -0.4 is 5.32 Å². The molecule has 0 aliphatic rings. The molecule has 0 spiro atoms. The van der Waals surface area contributed by atoms with E-state index in [4.69, 9.17) is 4.74 Å². The number of rotatable bonds is 17. The quantitative estimate of drug-likeness (QED) is 0.298. The van der Waals surface area contributed by atoms with Gasteiger partial charge in [0.25, 0.3) is 0 Å². The second kappa shape index (κ2) is 16.8. The zero-order valence-corrected chi connectivity index (χ0v) is 18.9. The highest BCUT2D eigenvalue weighted by Gasteiger charge is 2.23. The van der Waals surface area contributed by atoms with Gasteiger partial charge in [0.15, 0.2) is 5.78 Å². The molecule has 0 rings (SSSR count). The summed E-state index contributed by atoms with van der Waals surface area (Å²) in [7, 11) is 0. The minimum absolute atomic E-state index is 0.128. The van der Waals surface area contributed by atoms with Crippen LogP contribution in [0, 0.1) is 0 Å². The number of carbonyl (C=O) groups excluding carboxylic acids is 2. The lowest BCUT2D eigenvalue weighted by molar-refractivity contribution is -0.122. The van der Waals surface area contributed by atoms with Crippen LogP contribution in [0.25, 0.3) is 0 Å².